The molecular formula is C17H21NO3. The monoisotopic (exact) mass is 287 g/mol. The summed E-state index contributed by atoms with van der Waals surface area (Å²) in [5.41, 5.74) is 1.78. The van der Waals surface area contributed by atoms with Crippen LogP contribution in [0.3, 0.4) is 0 Å². The van der Waals surface area contributed by atoms with Crippen LogP contribution in [0.5, 0.6) is 0 Å². The standard InChI is InChI=1S/C17H21NO3/c1-12(13(2)17(20)21)16(19)18-10-8-15(9-11-18)14-6-4-3-5-7-14/h3-7,15H,8-11H2,1-2H3,(H,20,21). The number of aliphatic carboxylic acids is 1. The lowest BCUT2D eigenvalue weighted by molar-refractivity contribution is -0.134. The predicted octanol–water partition coefficient (Wildman–Crippen LogP) is 2.81. The number of carboxylic acid groups (broad SMARTS) is 1. The SMILES string of the molecule is CC(C(=O)O)=C(C)C(=O)N1CCC(c2ccccc2)CC1. The molecule has 0 saturated carbocycles. The molecule has 1 amide bonds. The van der Waals surface area contributed by atoms with Gasteiger partial charge in [0.05, 0.1) is 0 Å². The number of rotatable bonds is 3. The zero-order valence-electron chi connectivity index (χ0n) is 12.5. The van der Waals surface area contributed by atoms with Crippen LogP contribution in [0, 0.1) is 0 Å². The summed E-state index contributed by atoms with van der Waals surface area (Å²) in [6.07, 6.45) is 1.85. The van der Waals surface area contributed by atoms with Crippen molar-refractivity contribution in [3.63, 3.8) is 0 Å². The predicted molar refractivity (Wildman–Crippen MR) is 81.0 cm³/mol. The number of hydrogen-bond donors (Lipinski definition) is 1. The van der Waals surface area contributed by atoms with Gasteiger partial charge in [0.2, 0.25) is 5.91 Å². The van der Waals surface area contributed by atoms with Crippen molar-refractivity contribution in [2.75, 3.05) is 13.1 Å². The second-order valence-corrected chi connectivity index (χ2v) is 5.53. The Hall–Kier alpha value is -2.10. The molecule has 1 aromatic rings. The molecule has 2 rings (SSSR count). The Kier molecular flexibility index (Phi) is 4.78. The number of likely N-dealkylation sites (tertiary alicyclic amines) is 1. The van der Waals surface area contributed by atoms with E-state index < -0.39 is 5.97 Å². The zero-order chi connectivity index (χ0) is 15.4. The van der Waals surface area contributed by atoms with E-state index in [4.69, 9.17) is 5.11 Å². The molecule has 1 aliphatic heterocycles. The fourth-order valence-corrected chi connectivity index (χ4v) is 2.70. The molecule has 1 N–H and O–H groups in total. The van der Waals surface area contributed by atoms with E-state index in [2.05, 4.69) is 12.1 Å². The first-order valence-electron chi connectivity index (χ1n) is 7.25. The maximum Gasteiger partial charge on any atom is 0.331 e. The molecule has 0 bridgehead atoms. The molecule has 4 nitrogen and oxygen atoms in total. The summed E-state index contributed by atoms with van der Waals surface area (Å²) in [5, 5.41) is 8.96. The van der Waals surface area contributed by atoms with E-state index in [1.807, 2.05) is 18.2 Å². The van der Waals surface area contributed by atoms with E-state index in [-0.39, 0.29) is 11.5 Å². The van der Waals surface area contributed by atoms with Crippen molar-refractivity contribution in [2.24, 2.45) is 0 Å². The molecule has 0 unspecified atom stereocenters. The zero-order valence-corrected chi connectivity index (χ0v) is 12.5. The molecule has 0 radical (unpaired) electrons. The highest BCUT2D eigenvalue weighted by Gasteiger charge is 2.25. The molecule has 1 aromatic carbocycles. The lowest BCUT2D eigenvalue weighted by Crippen LogP contribution is -2.38. The average Bonchev–Trinajstić information content (AvgIpc) is 2.53. The summed E-state index contributed by atoms with van der Waals surface area (Å²) >= 11 is 0. The van der Waals surface area contributed by atoms with Crippen LogP contribution >= 0.6 is 0 Å². The summed E-state index contributed by atoms with van der Waals surface area (Å²) in [7, 11) is 0. The molecular weight excluding hydrogens is 266 g/mol. The molecule has 4 heteroatoms. The smallest absolute Gasteiger partial charge is 0.331 e. The molecule has 1 aliphatic rings. The molecule has 0 spiro atoms. The van der Waals surface area contributed by atoms with Crippen molar-refractivity contribution in [3.05, 3.63) is 47.0 Å². The molecule has 112 valence electrons. The second kappa shape index (κ2) is 6.57. The maximum absolute atomic E-state index is 12.3. The number of piperidine rings is 1. The third-order valence-electron chi connectivity index (χ3n) is 4.26. The van der Waals surface area contributed by atoms with Gasteiger partial charge in [0.25, 0.3) is 0 Å². The second-order valence-electron chi connectivity index (χ2n) is 5.53. The summed E-state index contributed by atoms with van der Waals surface area (Å²) in [6, 6.07) is 10.3. The van der Waals surface area contributed by atoms with Crippen LogP contribution in [0.25, 0.3) is 0 Å². The van der Waals surface area contributed by atoms with Crippen LogP contribution in [-0.2, 0) is 9.59 Å². The average molecular weight is 287 g/mol. The van der Waals surface area contributed by atoms with Crippen molar-refractivity contribution in [3.8, 4) is 0 Å². The minimum atomic E-state index is -1.03. The summed E-state index contributed by atoms with van der Waals surface area (Å²) in [4.78, 5) is 25.0. The highest BCUT2D eigenvalue weighted by atomic mass is 16.4. The van der Waals surface area contributed by atoms with E-state index in [9.17, 15) is 9.59 Å². The van der Waals surface area contributed by atoms with Gasteiger partial charge < -0.3 is 10.0 Å². The quantitative estimate of drug-likeness (QED) is 0.870. The number of carboxylic acids is 1. The van der Waals surface area contributed by atoms with E-state index in [0.717, 1.165) is 12.8 Å². The minimum absolute atomic E-state index is 0.130. The number of benzene rings is 1. The molecule has 1 saturated heterocycles. The van der Waals surface area contributed by atoms with Crippen LogP contribution < -0.4 is 0 Å². The third-order valence-corrected chi connectivity index (χ3v) is 4.26. The highest BCUT2D eigenvalue weighted by Crippen LogP contribution is 2.28. The van der Waals surface area contributed by atoms with E-state index in [1.54, 1.807) is 11.8 Å². The van der Waals surface area contributed by atoms with Crippen LogP contribution in [0.2, 0.25) is 0 Å². The van der Waals surface area contributed by atoms with Gasteiger partial charge in [0.15, 0.2) is 0 Å². The van der Waals surface area contributed by atoms with Crippen molar-refractivity contribution < 1.29 is 14.7 Å². The largest absolute Gasteiger partial charge is 0.478 e. The van der Waals surface area contributed by atoms with Gasteiger partial charge in [-0.05, 0) is 38.2 Å². The molecule has 0 aliphatic carbocycles. The first-order valence-corrected chi connectivity index (χ1v) is 7.25. The fourth-order valence-electron chi connectivity index (χ4n) is 2.70. The molecule has 1 fully saturated rings. The molecule has 0 atom stereocenters. The normalized spacial score (nSPS) is 17.3. The number of nitrogens with zero attached hydrogens (tertiary/aromatic N) is 1. The number of amides is 1. The first kappa shape index (κ1) is 15.3. The topological polar surface area (TPSA) is 57.6 Å². The molecule has 21 heavy (non-hydrogen) atoms. The van der Waals surface area contributed by atoms with Crippen LogP contribution in [0.15, 0.2) is 41.5 Å². The Morgan fingerprint density at radius 3 is 2.14 bits per heavy atom. The summed E-state index contributed by atoms with van der Waals surface area (Å²) in [5.74, 6) is -0.693. The Morgan fingerprint density at radius 1 is 1.05 bits per heavy atom. The minimum Gasteiger partial charge on any atom is -0.478 e. The Morgan fingerprint density at radius 2 is 1.62 bits per heavy atom. The molecule has 1 heterocycles. The first-order chi connectivity index (χ1) is 10.0. The van der Waals surface area contributed by atoms with Gasteiger partial charge in [0, 0.05) is 24.2 Å². The highest BCUT2D eigenvalue weighted by molar-refractivity contribution is 6.01. The van der Waals surface area contributed by atoms with Gasteiger partial charge in [-0.25, -0.2) is 4.79 Å². The van der Waals surface area contributed by atoms with Crippen molar-refractivity contribution in [1.82, 2.24) is 4.90 Å². The van der Waals surface area contributed by atoms with Gasteiger partial charge in [-0.1, -0.05) is 30.3 Å². The van der Waals surface area contributed by atoms with Crippen LogP contribution in [-0.4, -0.2) is 35.0 Å². The van der Waals surface area contributed by atoms with Crippen molar-refractivity contribution in [1.29, 1.82) is 0 Å². The van der Waals surface area contributed by atoms with Gasteiger partial charge in [-0.15, -0.1) is 0 Å². The lowest BCUT2D eigenvalue weighted by atomic mass is 9.89. The van der Waals surface area contributed by atoms with Gasteiger partial charge >= 0.3 is 5.97 Å². The molecule has 0 aromatic heterocycles. The van der Waals surface area contributed by atoms with Gasteiger partial charge in [-0.2, -0.15) is 0 Å². The number of carbonyl (C=O) groups is 2. The van der Waals surface area contributed by atoms with Gasteiger partial charge in [-0.3, -0.25) is 4.79 Å². The van der Waals surface area contributed by atoms with Crippen LogP contribution in [0.4, 0.5) is 0 Å². The van der Waals surface area contributed by atoms with E-state index >= 15 is 0 Å². The maximum atomic E-state index is 12.3. The third kappa shape index (κ3) is 3.51. The van der Waals surface area contributed by atoms with Crippen LogP contribution in [0.1, 0.15) is 38.2 Å². The number of carbonyl (C=O) groups excluding carboxylic acids is 1. The van der Waals surface area contributed by atoms with E-state index in [0.29, 0.717) is 24.6 Å². The van der Waals surface area contributed by atoms with Gasteiger partial charge in [0.1, 0.15) is 0 Å². The van der Waals surface area contributed by atoms with Crippen molar-refractivity contribution in [2.45, 2.75) is 32.6 Å². The summed E-state index contributed by atoms with van der Waals surface area (Å²) in [6.45, 7) is 4.44. The fraction of sp³-hybridized carbons (Fsp3) is 0.412. The Balaban J connectivity index is 2.00. The lowest BCUT2D eigenvalue weighted by Gasteiger charge is -2.32. The number of hydrogen-bond acceptors (Lipinski definition) is 2. The van der Waals surface area contributed by atoms with E-state index in [1.165, 1.54) is 12.5 Å². The Labute approximate surface area is 125 Å². The Bertz CT molecular complexity index is 555. The summed E-state index contributed by atoms with van der Waals surface area (Å²) < 4.78 is 0. The van der Waals surface area contributed by atoms with Crippen molar-refractivity contribution >= 4 is 11.9 Å².